The smallest absolute Gasteiger partial charge is 0.193 e. The van der Waals surface area contributed by atoms with E-state index in [2.05, 4.69) is 12.2 Å². The van der Waals surface area contributed by atoms with Crippen molar-refractivity contribution in [3.05, 3.63) is 0 Å². The quantitative estimate of drug-likeness (QED) is 0.522. The number of hydrogen-bond donors (Lipinski definition) is 2. The van der Waals surface area contributed by atoms with Crippen molar-refractivity contribution in [3.8, 4) is 0 Å². The van der Waals surface area contributed by atoms with Crippen molar-refractivity contribution in [2.45, 2.75) is 51.0 Å². The van der Waals surface area contributed by atoms with Crippen LogP contribution >= 0.6 is 0 Å². The van der Waals surface area contributed by atoms with Crippen molar-refractivity contribution < 1.29 is 4.43 Å². The summed E-state index contributed by atoms with van der Waals surface area (Å²) in [5.41, 5.74) is 6.30. The normalized spacial score (nSPS) is 28.4. The molecule has 78 valence electrons. The van der Waals surface area contributed by atoms with Crippen LogP contribution in [0, 0.1) is 0 Å². The monoisotopic (exact) mass is 202 g/mol. The molecular formula is C9H22N2OSi. The molecule has 13 heavy (non-hydrogen) atoms. The van der Waals surface area contributed by atoms with Gasteiger partial charge in [0, 0.05) is 12.3 Å². The summed E-state index contributed by atoms with van der Waals surface area (Å²) in [5, 5.41) is 3.41. The summed E-state index contributed by atoms with van der Waals surface area (Å²) in [5.74, 6) is 0. The highest BCUT2D eigenvalue weighted by Crippen LogP contribution is 2.15. The molecule has 3 nitrogen and oxygen atoms in total. The van der Waals surface area contributed by atoms with Crippen molar-refractivity contribution in [3.63, 3.8) is 0 Å². The van der Waals surface area contributed by atoms with Gasteiger partial charge in [-0.1, -0.05) is 13.3 Å². The molecule has 1 heterocycles. The van der Waals surface area contributed by atoms with E-state index in [0.717, 1.165) is 13.0 Å². The summed E-state index contributed by atoms with van der Waals surface area (Å²) in [6, 6.07) is 1.32. The third kappa shape index (κ3) is 3.77. The number of hydrogen-bond acceptors (Lipinski definition) is 3. The van der Waals surface area contributed by atoms with Crippen molar-refractivity contribution >= 4 is 9.04 Å². The van der Waals surface area contributed by atoms with Crippen molar-refractivity contribution in [2.75, 3.05) is 6.61 Å². The Kier molecular flexibility index (Phi) is 4.94. The minimum Gasteiger partial charge on any atom is -0.418 e. The Labute approximate surface area is 82.8 Å². The first-order chi connectivity index (χ1) is 6.24. The van der Waals surface area contributed by atoms with E-state index < -0.39 is 9.04 Å². The van der Waals surface area contributed by atoms with Gasteiger partial charge in [0.05, 0.1) is 6.17 Å². The summed E-state index contributed by atoms with van der Waals surface area (Å²) in [6.45, 7) is 5.19. The molecule has 0 aliphatic carbocycles. The highest BCUT2D eigenvalue weighted by atomic mass is 28.3. The van der Waals surface area contributed by atoms with Gasteiger partial charge in [0.2, 0.25) is 0 Å². The van der Waals surface area contributed by atoms with E-state index in [4.69, 9.17) is 10.2 Å². The van der Waals surface area contributed by atoms with Crippen LogP contribution in [0.5, 0.6) is 0 Å². The number of nitrogens with one attached hydrogen (secondary N) is 1. The molecule has 1 aliphatic rings. The summed E-state index contributed by atoms with van der Waals surface area (Å²) >= 11 is 0. The van der Waals surface area contributed by atoms with Crippen LogP contribution in [0.4, 0.5) is 0 Å². The second-order valence-corrected chi connectivity index (χ2v) is 6.67. The second kappa shape index (κ2) is 5.75. The van der Waals surface area contributed by atoms with Crippen LogP contribution in [0.25, 0.3) is 0 Å². The third-order valence-electron chi connectivity index (χ3n) is 2.58. The van der Waals surface area contributed by atoms with Crippen LogP contribution in [-0.2, 0) is 4.43 Å². The zero-order valence-corrected chi connectivity index (χ0v) is 9.91. The molecule has 3 N–H and O–H groups in total. The molecule has 0 spiro atoms. The minimum absolute atomic E-state index is 0.1000. The highest BCUT2D eigenvalue weighted by molar-refractivity contribution is 6.53. The maximum atomic E-state index is 5.85. The molecule has 1 rings (SSSR count). The van der Waals surface area contributed by atoms with E-state index in [0.29, 0.717) is 5.67 Å². The summed E-state index contributed by atoms with van der Waals surface area (Å²) in [4.78, 5) is 0. The van der Waals surface area contributed by atoms with Gasteiger partial charge in [-0.05, 0) is 25.8 Å². The van der Waals surface area contributed by atoms with Crippen LogP contribution in [0.3, 0.4) is 0 Å². The Bertz CT molecular complexity index is 138. The fraction of sp³-hybridized carbons (Fsp3) is 1.00. The van der Waals surface area contributed by atoms with Gasteiger partial charge in [0.15, 0.2) is 9.04 Å². The maximum absolute atomic E-state index is 5.85. The topological polar surface area (TPSA) is 47.3 Å². The summed E-state index contributed by atoms with van der Waals surface area (Å²) < 4.78 is 5.85. The molecule has 0 amide bonds. The highest BCUT2D eigenvalue weighted by Gasteiger charge is 2.25. The average molecular weight is 202 g/mol. The average Bonchev–Trinajstić information content (AvgIpc) is 2.15. The van der Waals surface area contributed by atoms with E-state index in [9.17, 15) is 0 Å². The van der Waals surface area contributed by atoms with Gasteiger partial charge in [-0.3, -0.25) is 5.32 Å². The first-order valence-corrected chi connectivity index (χ1v) is 7.32. The van der Waals surface area contributed by atoms with Gasteiger partial charge in [-0.2, -0.15) is 0 Å². The lowest BCUT2D eigenvalue weighted by atomic mass is 10.4. The molecule has 1 fully saturated rings. The number of rotatable bonds is 4. The predicted molar refractivity (Wildman–Crippen MR) is 58.0 cm³/mol. The second-order valence-electron chi connectivity index (χ2n) is 3.88. The van der Waals surface area contributed by atoms with Gasteiger partial charge in [0.1, 0.15) is 0 Å². The molecule has 1 saturated heterocycles. The van der Waals surface area contributed by atoms with Crippen LogP contribution in [0.1, 0.15) is 33.1 Å². The van der Waals surface area contributed by atoms with Gasteiger partial charge < -0.3 is 10.2 Å². The van der Waals surface area contributed by atoms with E-state index in [1.54, 1.807) is 0 Å². The molecule has 3 atom stereocenters. The van der Waals surface area contributed by atoms with Gasteiger partial charge in [-0.25, -0.2) is 0 Å². The zero-order valence-electron chi connectivity index (χ0n) is 8.75. The summed E-state index contributed by atoms with van der Waals surface area (Å²) in [6.07, 6.45) is 3.85. The Balaban J connectivity index is 2.34. The van der Waals surface area contributed by atoms with Crippen molar-refractivity contribution in [2.24, 2.45) is 5.73 Å². The fourth-order valence-corrected chi connectivity index (χ4v) is 4.91. The Morgan fingerprint density at radius 3 is 2.77 bits per heavy atom. The van der Waals surface area contributed by atoms with E-state index in [1.165, 1.54) is 18.9 Å². The zero-order chi connectivity index (χ0) is 9.68. The standard InChI is InChI=1S/C9H22N2OSi/c1-3-9(11-8(2)10)13-7-5-4-6-12-13/h8-9,11,13H,3-7,10H2,1-2H3. The molecule has 0 aromatic carbocycles. The molecule has 0 aromatic heterocycles. The lowest BCUT2D eigenvalue weighted by Gasteiger charge is -2.30. The largest absolute Gasteiger partial charge is 0.418 e. The molecule has 1 aliphatic heterocycles. The molecule has 0 bridgehead atoms. The van der Waals surface area contributed by atoms with Crippen molar-refractivity contribution in [1.29, 1.82) is 0 Å². The minimum atomic E-state index is -0.988. The van der Waals surface area contributed by atoms with E-state index in [1.807, 2.05) is 6.92 Å². The molecule has 4 heteroatoms. The van der Waals surface area contributed by atoms with Crippen LogP contribution in [0.2, 0.25) is 6.04 Å². The van der Waals surface area contributed by atoms with Gasteiger partial charge in [-0.15, -0.1) is 0 Å². The van der Waals surface area contributed by atoms with Gasteiger partial charge >= 0.3 is 0 Å². The Morgan fingerprint density at radius 1 is 1.54 bits per heavy atom. The molecule has 0 saturated carbocycles. The Morgan fingerprint density at radius 2 is 2.31 bits per heavy atom. The predicted octanol–water partition coefficient (Wildman–Crippen LogP) is 0.733. The molecule has 0 radical (unpaired) electrons. The lowest BCUT2D eigenvalue weighted by molar-refractivity contribution is 0.271. The SMILES string of the molecule is CCC(NC(C)N)[SiH]1CCCCO1. The maximum Gasteiger partial charge on any atom is 0.193 e. The van der Waals surface area contributed by atoms with Crippen molar-refractivity contribution in [1.82, 2.24) is 5.32 Å². The first kappa shape index (κ1) is 11.2. The van der Waals surface area contributed by atoms with Crippen LogP contribution in [-0.4, -0.2) is 27.5 Å². The lowest BCUT2D eigenvalue weighted by Crippen LogP contribution is -2.51. The first-order valence-electron chi connectivity index (χ1n) is 5.37. The van der Waals surface area contributed by atoms with E-state index >= 15 is 0 Å². The molecule has 0 aromatic rings. The molecule has 3 unspecified atom stereocenters. The molecular weight excluding hydrogens is 180 g/mol. The third-order valence-corrected chi connectivity index (χ3v) is 5.78. The summed E-state index contributed by atoms with van der Waals surface area (Å²) in [7, 11) is -0.988. The fourth-order valence-electron chi connectivity index (χ4n) is 1.91. The van der Waals surface area contributed by atoms with Crippen LogP contribution < -0.4 is 11.1 Å². The van der Waals surface area contributed by atoms with Crippen LogP contribution in [0.15, 0.2) is 0 Å². The Hall–Kier alpha value is 0.0969. The van der Waals surface area contributed by atoms with Gasteiger partial charge in [0.25, 0.3) is 0 Å². The number of nitrogens with two attached hydrogens (primary N) is 1. The van der Waals surface area contributed by atoms with E-state index in [-0.39, 0.29) is 6.17 Å².